The zero-order chi connectivity index (χ0) is 13.8. The molecule has 1 N–H and O–H groups in total. The van der Waals surface area contributed by atoms with Crippen molar-refractivity contribution in [3.63, 3.8) is 0 Å². The number of rotatable bonds is 4. The van der Waals surface area contributed by atoms with Crippen LogP contribution < -0.4 is 5.32 Å². The lowest BCUT2D eigenvalue weighted by molar-refractivity contribution is 0.0685. The van der Waals surface area contributed by atoms with Gasteiger partial charge in [0.25, 0.3) is 6.43 Å². The molecule has 1 aromatic carbocycles. The Labute approximate surface area is 113 Å². The van der Waals surface area contributed by atoms with Gasteiger partial charge in [0.05, 0.1) is 6.54 Å². The average molecular weight is 268 g/mol. The van der Waals surface area contributed by atoms with Gasteiger partial charge in [-0.05, 0) is 44.5 Å². The van der Waals surface area contributed by atoms with E-state index in [0.29, 0.717) is 0 Å². The van der Waals surface area contributed by atoms with E-state index in [1.807, 2.05) is 13.1 Å². The maximum absolute atomic E-state index is 12.6. The molecule has 19 heavy (non-hydrogen) atoms. The van der Waals surface area contributed by atoms with E-state index in [9.17, 15) is 8.78 Å². The van der Waals surface area contributed by atoms with E-state index in [1.165, 1.54) is 11.1 Å². The minimum Gasteiger partial charge on any atom is -0.312 e. The Hall–Kier alpha value is -1.00. The Kier molecular flexibility index (Phi) is 4.88. The van der Waals surface area contributed by atoms with Crippen LogP contribution in [-0.4, -0.2) is 38.0 Å². The highest BCUT2D eigenvalue weighted by molar-refractivity contribution is 5.32. The SMILES string of the molecule is CNC1c2ccccc2CCCC1N(C)CC(F)F. The molecular weight excluding hydrogens is 246 g/mol. The smallest absolute Gasteiger partial charge is 0.251 e. The maximum atomic E-state index is 12.6. The summed E-state index contributed by atoms with van der Waals surface area (Å²) in [5.41, 5.74) is 2.60. The standard InChI is InChI=1S/C15H22F2N2/c1-18-15-12-8-4-3-6-11(12)7-5-9-13(15)19(2)10-14(16)17/h3-4,6,8,13-15,18H,5,7,9-10H2,1-2H3. The first-order valence-corrected chi connectivity index (χ1v) is 6.87. The van der Waals surface area contributed by atoms with Crippen LogP contribution in [0.4, 0.5) is 8.78 Å². The molecule has 4 heteroatoms. The summed E-state index contributed by atoms with van der Waals surface area (Å²) in [5.74, 6) is 0. The summed E-state index contributed by atoms with van der Waals surface area (Å²) in [6.45, 7) is -0.162. The molecular formula is C15H22F2N2. The van der Waals surface area contributed by atoms with Crippen molar-refractivity contribution in [2.24, 2.45) is 0 Å². The van der Waals surface area contributed by atoms with Gasteiger partial charge in [-0.25, -0.2) is 8.78 Å². The third-order valence-electron chi connectivity index (χ3n) is 4.02. The summed E-state index contributed by atoms with van der Waals surface area (Å²) < 4.78 is 25.2. The van der Waals surface area contributed by atoms with E-state index in [0.717, 1.165) is 19.3 Å². The molecule has 106 valence electrons. The number of alkyl halides is 2. The average Bonchev–Trinajstić information content (AvgIpc) is 2.56. The Balaban J connectivity index is 2.25. The van der Waals surface area contributed by atoms with Gasteiger partial charge in [-0.1, -0.05) is 24.3 Å². The summed E-state index contributed by atoms with van der Waals surface area (Å²) in [5, 5.41) is 3.32. The third-order valence-corrected chi connectivity index (χ3v) is 4.02. The largest absolute Gasteiger partial charge is 0.312 e. The van der Waals surface area contributed by atoms with Crippen LogP contribution in [0.1, 0.15) is 30.0 Å². The van der Waals surface area contributed by atoms with E-state index < -0.39 is 6.43 Å². The van der Waals surface area contributed by atoms with Crippen LogP contribution in [0, 0.1) is 0 Å². The van der Waals surface area contributed by atoms with Gasteiger partial charge in [0.1, 0.15) is 0 Å². The zero-order valence-electron chi connectivity index (χ0n) is 11.6. The number of hydrogen-bond donors (Lipinski definition) is 1. The van der Waals surface area contributed by atoms with E-state index in [2.05, 4.69) is 23.5 Å². The lowest BCUT2D eigenvalue weighted by Gasteiger charge is -2.34. The molecule has 2 unspecified atom stereocenters. The number of aryl methyl sites for hydroxylation is 1. The van der Waals surface area contributed by atoms with Crippen LogP contribution in [-0.2, 0) is 6.42 Å². The molecule has 0 fully saturated rings. The first kappa shape index (κ1) is 14.4. The molecule has 0 heterocycles. The van der Waals surface area contributed by atoms with E-state index >= 15 is 0 Å². The number of fused-ring (bicyclic) bond motifs is 1. The van der Waals surface area contributed by atoms with Crippen LogP contribution in [0.3, 0.4) is 0 Å². The van der Waals surface area contributed by atoms with Crippen LogP contribution >= 0.6 is 0 Å². The highest BCUT2D eigenvalue weighted by Crippen LogP contribution is 2.31. The summed E-state index contributed by atoms with van der Waals surface area (Å²) in [7, 11) is 3.71. The fourth-order valence-electron chi connectivity index (χ4n) is 3.12. The molecule has 0 bridgehead atoms. The molecule has 0 spiro atoms. The summed E-state index contributed by atoms with van der Waals surface area (Å²) >= 11 is 0. The molecule has 0 aliphatic heterocycles. The number of halogens is 2. The quantitative estimate of drug-likeness (QED) is 0.845. The van der Waals surface area contributed by atoms with Crippen LogP contribution in [0.25, 0.3) is 0 Å². The molecule has 2 rings (SSSR count). The molecule has 0 amide bonds. The normalized spacial score (nSPS) is 23.5. The molecule has 2 atom stereocenters. The van der Waals surface area contributed by atoms with Gasteiger partial charge < -0.3 is 5.32 Å². The van der Waals surface area contributed by atoms with Crippen molar-refractivity contribution in [3.05, 3.63) is 35.4 Å². The molecule has 0 saturated carbocycles. The predicted molar refractivity (Wildman–Crippen MR) is 73.6 cm³/mol. The molecule has 1 aliphatic rings. The Bertz CT molecular complexity index is 409. The van der Waals surface area contributed by atoms with Gasteiger partial charge in [0.15, 0.2) is 0 Å². The molecule has 0 aromatic heterocycles. The second kappa shape index (κ2) is 6.44. The van der Waals surface area contributed by atoms with Gasteiger partial charge in [-0.15, -0.1) is 0 Å². The van der Waals surface area contributed by atoms with Crippen molar-refractivity contribution in [3.8, 4) is 0 Å². The third kappa shape index (κ3) is 3.31. The minimum absolute atomic E-state index is 0.127. The number of benzene rings is 1. The van der Waals surface area contributed by atoms with Gasteiger partial charge in [-0.2, -0.15) is 0 Å². The van der Waals surface area contributed by atoms with Gasteiger partial charge in [0.2, 0.25) is 0 Å². The van der Waals surface area contributed by atoms with Crippen molar-refractivity contribution in [2.75, 3.05) is 20.6 Å². The minimum atomic E-state index is -2.28. The highest BCUT2D eigenvalue weighted by atomic mass is 19.3. The van der Waals surface area contributed by atoms with Crippen LogP contribution in [0.5, 0.6) is 0 Å². The van der Waals surface area contributed by atoms with Crippen molar-refractivity contribution < 1.29 is 8.78 Å². The maximum Gasteiger partial charge on any atom is 0.251 e. The summed E-state index contributed by atoms with van der Waals surface area (Å²) in [6, 6.07) is 8.60. The number of nitrogens with one attached hydrogen (secondary N) is 1. The molecule has 1 aromatic rings. The highest BCUT2D eigenvalue weighted by Gasteiger charge is 2.30. The van der Waals surface area contributed by atoms with E-state index in [1.54, 1.807) is 11.9 Å². The Morgan fingerprint density at radius 1 is 1.37 bits per heavy atom. The number of nitrogens with zero attached hydrogens (tertiary/aromatic N) is 1. The lowest BCUT2D eigenvalue weighted by Crippen LogP contribution is -2.43. The van der Waals surface area contributed by atoms with Crippen LogP contribution in [0.2, 0.25) is 0 Å². The molecule has 0 radical (unpaired) electrons. The first-order valence-electron chi connectivity index (χ1n) is 6.87. The Morgan fingerprint density at radius 2 is 2.11 bits per heavy atom. The molecule has 1 aliphatic carbocycles. The van der Waals surface area contributed by atoms with Crippen molar-refractivity contribution in [2.45, 2.75) is 37.8 Å². The predicted octanol–water partition coefficient (Wildman–Crippen LogP) is 2.85. The monoisotopic (exact) mass is 268 g/mol. The van der Waals surface area contributed by atoms with Crippen molar-refractivity contribution in [1.29, 1.82) is 0 Å². The molecule has 2 nitrogen and oxygen atoms in total. The van der Waals surface area contributed by atoms with Gasteiger partial charge >= 0.3 is 0 Å². The number of hydrogen-bond acceptors (Lipinski definition) is 2. The van der Waals surface area contributed by atoms with Crippen molar-refractivity contribution in [1.82, 2.24) is 10.2 Å². The fraction of sp³-hybridized carbons (Fsp3) is 0.600. The summed E-state index contributed by atoms with van der Waals surface area (Å²) in [6.07, 6.45) is 0.755. The lowest BCUT2D eigenvalue weighted by atomic mass is 9.95. The van der Waals surface area contributed by atoms with E-state index in [-0.39, 0.29) is 18.6 Å². The fourth-order valence-corrected chi connectivity index (χ4v) is 3.12. The zero-order valence-corrected chi connectivity index (χ0v) is 11.6. The van der Waals surface area contributed by atoms with Crippen LogP contribution in [0.15, 0.2) is 24.3 Å². The Morgan fingerprint density at radius 3 is 2.79 bits per heavy atom. The second-order valence-corrected chi connectivity index (χ2v) is 5.26. The second-order valence-electron chi connectivity index (χ2n) is 5.26. The van der Waals surface area contributed by atoms with Crippen molar-refractivity contribution >= 4 is 0 Å². The molecule has 0 saturated heterocycles. The van der Waals surface area contributed by atoms with Gasteiger partial charge in [0, 0.05) is 12.1 Å². The van der Waals surface area contributed by atoms with E-state index in [4.69, 9.17) is 0 Å². The van der Waals surface area contributed by atoms with Gasteiger partial charge in [-0.3, -0.25) is 4.90 Å². The topological polar surface area (TPSA) is 15.3 Å². The number of likely N-dealkylation sites (N-methyl/N-ethyl adjacent to an activating group) is 2. The first-order chi connectivity index (χ1) is 9.13. The summed E-state index contributed by atoms with van der Waals surface area (Å²) in [4.78, 5) is 1.80.